The maximum absolute atomic E-state index is 6.13. The maximum atomic E-state index is 6.13. The predicted molar refractivity (Wildman–Crippen MR) is 109 cm³/mol. The Labute approximate surface area is 163 Å². The molecule has 4 heterocycles. The first kappa shape index (κ1) is 18.3. The van der Waals surface area contributed by atoms with Gasteiger partial charge >= 0.3 is 0 Å². The number of aromatic nitrogens is 5. The monoisotopic (exact) mass is 385 g/mol. The van der Waals surface area contributed by atoms with Gasteiger partial charge in [-0.05, 0) is 52.0 Å². The summed E-state index contributed by atoms with van der Waals surface area (Å²) >= 11 is 1.75. The molecule has 2 N–H and O–H groups in total. The van der Waals surface area contributed by atoms with Gasteiger partial charge in [-0.2, -0.15) is 0 Å². The molecule has 7 nitrogen and oxygen atoms in total. The van der Waals surface area contributed by atoms with Crippen molar-refractivity contribution in [2.24, 2.45) is 11.7 Å². The third-order valence-corrected chi connectivity index (χ3v) is 6.52. The quantitative estimate of drug-likeness (QED) is 0.743. The highest BCUT2D eigenvalue weighted by Gasteiger charge is 2.25. The summed E-state index contributed by atoms with van der Waals surface area (Å²) in [6.07, 6.45) is 6.02. The summed E-state index contributed by atoms with van der Waals surface area (Å²) in [5.74, 6) is 1.59. The fourth-order valence-corrected chi connectivity index (χ4v) is 4.75. The van der Waals surface area contributed by atoms with E-state index in [1.165, 1.54) is 22.2 Å². The van der Waals surface area contributed by atoms with E-state index in [1.54, 1.807) is 17.7 Å². The van der Waals surface area contributed by atoms with E-state index in [0.29, 0.717) is 5.92 Å². The standard InChI is InChI=1S/C19H27N7S/c1-12-13(2)27-18-16(12)17(21-11-22-18)25-7-5-6-14(8-25)9-26-10-15(23-24-26)19(3,4)20/h10-11,14H,5-9,20H2,1-4H3/t14-/m1/s1. The molecular weight excluding hydrogens is 358 g/mol. The zero-order valence-corrected chi connectivity index (χ0v) is 17.3. The minimum absolute atomic E-state index is 0.461. The number of hydrogen-bond acceptors (Lipinski definition) is 7. The third kappa shape index (κ3) is 3.55. The molecule has 1 fully saturated rings. The zero-order chi connectivity index (χ0) is 19.2. The smallest absolute Gasteiger partial charge is 0.141 e. The first-order valence-electron chi connectivity index (χ1n) is 9.48. The Bertz CT molecular complexity index is 953. The Kier molecular flexibility index (Phi) is 4.63. The summed E-state index contributed by atoms with van der Waals surface area (Å²) in [7, 11) is 0. The molecule has 0 bridgehead atoms. The molecule has 0 aromatic carbocycles. The van der Waals surface area contributed by atoms with E-state index in [0.717, 1.165) is 42.4 Å². The van der Waals surface area contributed by atoms with Gasteiger partial charge in [0.05, 0.1) is 17.1 Å². The van der Waals surface area contributed by atoms with E-state index >= 15 is 0 Å². The molecule has 0 aliphatic carbocycles. The predicted octanol–water partition coefficient (Wildman–Crippen LogP) is 3.01. The lowest BCUT2D eigenvalue weighted by atomic mass is 9.97. The van der Waals surface area contributed by atoms with Gasteiger partial charge in [-0.25, -0.2) is 9.97 Å². The lowest BCUT2D eigenvalue weighted by molar-refractivity contribution is 0.347. The summed E-state index contributed by atoms with van der Waals surface area (Å²) in [4.78, 5) is 14.0. The van der Waals surface area contributed by atoms with Gasteiger partial charge in [0.1, 0.15) is 22.7 Å². The third-order valence-electron chi connectivity index (χ3n) is 5.41. The van der Waals surface area contributed by atoms with Crippen molar-refractivity contribution in [3.63, 3.8) is 0 Å². The second-order valence-electron chi connectivity index (χ2n) is 8.16. The van der Waals surface area contributed by atoms with Crippen LogP contribution in [0.15, 0.2) is 12.5 Å². The van der Waals surface area contributed by atoms with Gasteiger partial charge in [-0.15, -0.1) is 16.4 Å². The number of thiophene rings is 1. The number of piperidine rings is 1. The molecule has 1 saturated heterocycles. The minimum Gasteiger partial charge on any atom is -0.356 e. The molecular formula is C19H27N7S. The summed E-state index contributed by atoms with van der Waals surface area (Å²) in [6.45, 7) is 11.1. The Hall–Kier alpha value is -2.06. The van der Waals surface area contributed by atoms with Crippen molar-refractivity contribution < 1.29 is 0 Å². The highest BCUT2D eigenvalue weighted by atomic mass is 32.1. The number of anilines is 1. The van der Waals surface area contributed by atoms with Crippen LogP contribution in [-0.4, -0.2) is 38.1 Å². The van der Waals surface area contributed by atoms with Gasteiger partial charge in [0, 0.05) is 24.5 Å². The zero-order valence-electron chi connectivity index (χ0n) is 16.4. The van der Waals surface area contributed by atoms with Crippen molar-refractivity contribution in [3.8, 4) is 0 Å². The Morgan fingerprint density at radius 3 is 2.85 bits per heavy atom. The fraction of sp³-hybridized carbons (Fsp3) is 0.579. The van der Waals surface area contributed by atoms with Crippen LogP contribution in [0.4, 0.5) is 5.82 Å². The molecule has 0 saturated carbocycles. The van der Waals surface area contributed by atoms with Crippen molar-refractivity contribution in [3.05, 3.63) is 28.7 Å². The van der Waals surface area contributed by atoms with Crippen molar-refractivity contribution in [2.45, 2.75) is 52.6 Å². The normalized spacial score (nSPS) is 18.4. The van der Waals surface area contributed by atoms with Gasteiger partial charge in [0.2, 0.25) is 0 Å². The highest BCUT2D eigenvalue weighted by molar-refractivity contribution is 7.18. The first-order chi connectivity index (χ1) is 12.8. The Balaban J connectivity index is 1.54. The van der Waals surface area contributed by atoms with Gasteiger partial charge in [0.25, 0.3) is 0 Å². The number of rotatable bonds is 4. The van der Waals surface area contributed by atoms with Crippen molar-refractivity contribution in [1.82, 2.24) is 25.0 Å². The van der Waals surface area contributed by atoms with Crippen LogP contribution in [-0.2, 0) is 12.1 Å². The molecule has 0 amide bonds. The van der Waals surface area contributed by atoms with Crippen molar-refractivity contribution >= 4 is 27.4 Å². The van der Waals surface area contributed by atoms with E-state index in [1.807, 2.05) is 24.7 Å². The Morgan fingerprint density at radius 2 is 2.11 bits per heavy atom. The SMILES string of the molecule is Cc1sc2ncnc(N3CCC[C@@H](Cn4cc(C(C)(C)N)nn4)C3)c2c1C. The molecule has 0 spiro atoms. The molecule has 1 atom stereocenters. The molecule has 1 aliphatic rings. The number of hydrogen-bond donors (Lipinski definition) is 1. The second-order valence-corrected chi connectivity index (χ2v) is 9.37. The van der Waals surface area contributed by atoms with Gasteiger partial charge in [-0.1, -0.05) is 5.21 Å². The van der Waals surface area contributed by atoms with Gasteiger partial charge < -0.3 is 10.6 Å². The van der Waals surface area contributed by atoms with E-state index in [-0.39, 0.29) is 0 Å². The molecule has 0 radical (unpaired) electrons. The molecule has 3 aromatic rings. The van der Waals surface area contributed by atoms with Crippen molar-refractivity contribution in [2.75, 3.05) is 18.0 Å². The molecule has 0 unspecified atom stereocenters. The first-order valence-corrected chi connectivity index (χ1v) is 10.3. The fourth-order valence-electron chi connectivity index (χ4n) is 3.76. The molecule has 3 aromatic heterocycles. The van der Waals surface area contributed by atoms with Gasteiger partial charge in [0.15, 0.2) is 0 Å². The number of aryl methyl sites for hydroxylation is 2. The van der Waals surface area contributed by atoms with Crippen LogP contribution in [0.25, 0.3) is 10.2 Å². The number of nitrogens with two attached hydrogens (primary N) is 1. The maximum Gasteiger partial charge on any atom is 0.141 e. The summed E-state index contributed by atoms with van der Waals surface area (Å²) in [5.41, 5.74) is 7.81. The van der Waals surface area contributed by atoms with Crippen LogP contribution in [0, 0.1) is 19.8 Å². The van der Waals surface area contributed by atoms with Gasteiger partial charge in [-0.3, -0.25) is 4.68 Å². The van der Waals surface area contributed by atoms with E-state index in [9.17, 15) is 0 Å². The average molecular weight is 386 g/mol. The summed E-state index contributed by atoms with van der Waals surface area (Å²) in [5, 5.41) is 9.74. The minimum atomic E-state index is -0.461. The van der Waals surface area contributed by atoms with Crippen LogP contribution < -0.4 is 10.6 Å². The second kappa shape index (κ2) is 6.83. The molecule has 27 heavy (non-hydrogen) atoms. The Morgan fingerprint density at radius 1 is 1.30 bits per heavy atom. The lowest BCUT2D eigenvalue weighted by Crippen LogP contribution is -2.37. The van der Waals surface area contributed by atoms with Crippen LogP contribution in [0.5, 0.6) is 0 Å². The topological polar surface area (TPSA) is 85.8 Å². The molecule has 4 rings (SSSR count). The van der Waals surface area contributed by atoms with Crippen LogP contribution in [0.1, 0.15) is 42.8 Å². The highest BCUT2D eigenvalue weighted by Crippen LogP contribution is 2.35. The van der Waals surface area contributed by atoms with E-state index in [2.05, 4.69) is 39.0 Å². The van der Waals surface area contributed by atoms with E-state index < -0.39 is 5.54 Å². The summed E-state index contributed by atoms with van der Waals surface area (Å²) < 4.78 is 1.94. The van der Waals surface area contributed by atoms with E-state index in [4.69, 9.17) is 5.73 Å². The molecule has 8 heteroatoms. The largest absolute Gasteiger partial charge is 0.356 e. The average Bonchev–Trinajstić information content (AvgIpc) is 3.20. The number of fused-ring (bicyclic) bond motifs is 1. The van der Waals surface area contributed by atoms with Crippen LogP contribution >= 0.6 is 11.3 Å². The van der Waals surface area contributed by atoms with Crippen LogP contribution in [0.2, 0.25) is 0 Å². The molecule has 144 valence electrons. The van der Waals surface area contributed by atoms with Crippen molar-refractivity contribution in [1.29, 1.82) is 0 Å². The lowest BCUT2D eigenvalue weighted by Gasteiger charge is -2.33. The molecule has 1 aliphatic heterocycles. The summed E-state index contributed by atoms with van der Waals surface area (Å²) in [6, 6.07) is 0. The number of nitrogens with zero attached hydrogens (tertiary/aromatic N) is 6. The van der Waals surface area contributed by atoms with Crippen LogP contribution in [0.3, 0.4) is 0 Å².